The Bertz CT molecular complexity index is 2550. The van der Waals surface area contributed by atoms with Crippen molar-refractivity contribution in [1.82, 2.24) is 55.0 Å². The van der Waals surface area contributed by atoms with Crippen molar-refractivity contribution in [2.24, 2.45) is 0 Å². The van der Waals surface area contributed by atoms with Crippen molar-refractivity contribution < 1.29 is 19.1 Å². The van der Waals surface area contributed by atoms with E-state index in [0.29, 0.717) is 71.7 Å². The zero-order valence-corrected chi connectivity index (χ0v) is 35.4. The Morgan fingerprint density at radius 1 is 0.698 bits per heavy atom. The molecule has 63 heavy (non-hydrogen) atoms. The predicted octanol–water partition coefficient (Wildman–Crippen LogP) is 5.84. The van der Waals surface area contributed by atoms with Gasteiger partial charge in [0.2, 0.25) is 11.9 Å². The highest BCUT2D eigenvalue weighted by Crippen LogP contribution is 2.35. The van der Waals surface area contributed by atoms with Gasteiger partial charge in [-0.15, -0.1) is 0 Å². The fraction of sp³-hybridized carbons (Fsp3) is 0.295. The second-order valence-corrected chi connectivity index (χ2v) is 15.8. The number of amides is 3. The van der Waals surface area contributed by atoms with E-state index in [-0.39, 0.29) is 24.9 Å². The van der Waals surface area contributed by atoms with Crippen molar-refractivity contribution in [1.29, 1.82) is 10.5 Å². The van der Waals surface area contributed by atoms with Gasteiger partial charge in [-0.25, -0.2) is 34.1 Å². The molecule has 4 N–H and O–H groups in total. The number of nitrogens with zero attached hydrogens (tertiary/aromatic N) is 11. The maximum Gasteiger partial charge on any atom is 0.410 e. The van der Waals surface area contributed by atoms with Crippen LogP contribution in [0.3, 0.4) is 0 Å². The third kappa shape index (κ3) is 9.90. The Balaban J connectivity index is 1.13. The van der Waals surface area contributed by atoms with Crippen LogP contribution in [0.1, 0.15) is 65.5 Å². The molecule has 1 saturated heterocycles. The molecule has 0 unspecified atom stereocenters. The standard InChI is InChI=1S/C44H45N15O4/c1-28-22-49-40(55-36(28)30-6-10-32(11-7-30)38(60)47-18-16-45)53-34-24-51-58(26-34)44(14-20-57(21-15-44)42(62)63-43(3,4)5)59-27-35(25-52-59)54-41-50-23-29(2)37(56-41)31-8-12-33(13-9-31)39(61)48-19-17-46/h6-13,22-27H,14-15,18-21H2,1-5H3,(H,47,60)(H,48,61)(H,49,53,55)(H,50,54,56). The molecule has 1 fully saturated rings. The highest BCUT2D eigenvalue weighted by Gasteiger charge is 2.42. The van der Waals surface area contributed by atoms with Crippen molar-refractivity contribution in [3.05, 3.63) is 108 Å². The minimum atomic E-state index is -0.848. The van der Waals surface area contributed by atoms with E-state index in [1.165, 1.54) is 0 Å². The minimum Gasteiger partial charge on any atom is -0.444 e. The van der Waals surface area contributed by atoms with E-state index >= 15 is 0 Å². The van der Waals surface area contributed by atoms with Crippen LogP contribution in [-0.4, -0.2) is 94.1 Å². The zero-order chi connectivity index (χ0) is 44.7. The average Bonchev–Trinajstić information content (AvgIpc) is 3.96. The van der Waals surface area contributed by atoms with Crippen LogP contribution in [0.5, 0.6) is 0 Å². The summed E-state index contributed by atoms with van der Waals surface area (Å²) < 4.78 is 9.35. The second-order valence-electron chi connectivity index (χ2n) is 15.8. The Morgan fingerprint density at radius 3 is 1.52 bits per heavy atom. The van der Waals surface area contributed by atoms with Gasteiger partial charge in [-0.2, -0.15) is 20.7 Å². The van der Waals surface area contributed by atoms with Crippen LogP contribution in [0.15, 0.2) is 85.7 Å². The molecular formula is C44H45N15O4. The maximum atomic E-state index is 13.1. The highest BCUT2D eigenvalue weighted by atomic mass is 16.6. The van der Waals surface area contributed by atoms with Crippen LogP contribution in [0.25, 0.3) is 22.5 Å². The molecule has 0 aliphatic carbocycles. The van der Waals surface area contributed by atoms with Crippen molar-refractivity contribution in [3.63, 3.8) is 0 Å². The monoisotopic (exact) mass is 847 g/mol. The molecule has 19 heteroatoms. The Morgan fingerprint density at radius 2 is 1.13 bits per heavy atom. The molecule has 19 nitrogen and oxygen atoms in total. The number of ether oxygens (including phenoxy) is 1. The lowest BCUT2D eigenvalue weighted by Gasteiger charge is -2.42. The van der Waals surface area contributed by atoms with Crippen molar-refractivity contribution >= 4 is 41.2 Å². The Hall–Kier alpha value is -8.19. The van der Waals surface area contributed by atoms with Crippen molar-refractivity contribution in [2.75, 3.05) is 36.8 Å². The normalized spacial score (nSPS) is 13.3. The van der Waals surface area contributed by atoms with Crippen LogP contribution in [0.4, 0.5) is 28.1 Å². The van der Waals surface area contributed by atoms with Gasteiger partial charge < -0.3 is 30.9 Å². The molecule has 0 spiro atoms. The predicted molar refractivity (Wildman–Crippen MR) is 232 cm³/mol. The number of rotatable bonds is 12. The number of aryl methyl sites for hydroxylation is 2. The molecule has 0 bridgehead atoms. The molecule has 320 valence electrons. The van der Waals surface area contributed by atoms with Gasteiger partial charge in [-0.3, -0.25) is 9.59 Å². The summed E-state index contributed by atoms with van der Waals surface area (Å²) in [6.07, 6.45) is 11.0. The fourth-order valence-electron chi connectivity index (χ4n) is 7.02. The lowest BCUT2D eigenvalue weighted by Crippen LogP contribution is -2.53. The van der Waals surface area contributed by atoms with Gasteiger partial charge in [0.05, 0.1) is 59.7 Å². The van der Waals surface area contributed by atoms with Gasteiger partial charge in [0.25, 0.3) is 11.8 Å². The number of hydrogen-bond acceptors (Lipinski definition) is 14. The second kappa shape index (κ2) is 18.2. The molecule has 7 rings (SSSR count). The van der Waals surface area contributed by atoms with Gasteiger partial charge in [-0.1, -0.05) is 24.3 Å². The topological polar surface area (TPSA) is 247 Å². The fourth-order valence-corrected chi connectivity index (χ4v) is 7.02. The van der Waals surface area contributed by atoms with E-state index in [0.717, 1.165) is 22.3 Å². The largest absolute Gasteiger partial charge is 0.444 e. The lowest BCUT2D eigenvalue weighted by molar-refractivity contribution is 0.00362. The maximum absolute atomic E-state index is 13.1. The number of anilines is 4. The number of carbonyl (C=O) groups excluding carboxylic acids is 3. The number of piperidine rings is 1. The molecule has 5 heterocycles. The summed E-state index contributed by atoms with van der Waals surface area (Å²) in [6, 6.07) is 17.7. The number of aromatic nitrogens is 8. The molecule has 3 amide bonds. The third-order valence-corrected chi connectivity index (χ3v) is 10.2. The van der Waals surface area contributed by atoms with Crippen LogP contribution in [0, 0.1) is 36.5 Å². The van der Waals surface area contributed by atoms with E-state index in [1.807, 2.05) is 68.5 Å². The molecule has 6 aromatic rings. The Kier molecular flexibility index (Phi) is 12.4. The summed E-state index contributed by atoms with van der Waals surface area (Å²) in [5.74, 6) is -0.00992. The molecule has 0 atom stereocenters. The summed E-state index contributed by atoms with van der Waals surface area (Å²) >= 11 is 0. The van der Waals surface area contributed by atoms with Crippen molar-refractivity contribution in [2.45, 2.75) is 58.7 Å². The molecule has 1 aliphatic heterocycles. The van der Waals surface area contributed by atoms with Gasteiger partial charge in [0, 0.05) is 60.6 Å². The Labute approximate surface area is 363 Å². The van der Waals surface area contributed by atoms with Crippen LogP contribution >= 0.6 is 0 Å². The number of carbonyl (C=O) groups is 3. The summed E-state index contributed by atoms with van der Waals surface area (Å²) in [5.41, 5.74) is 5.16. The quantitative estimate of drug-likeness (QED) is 0.106. The third-order valence-electron chi connectivity index (χ3n) is 10.2. The molecule has 0 radical (unpaired) electrons. The molecule has 4 aromatic heterocycles. The molecular weight excluding hydrogens is 803 g/mol. The van der Waals surface area contributed by atoms with Crippen LogP contribution in [0.2, 0.25) is 0 Å². The number of likely N-dealkylation sites (tertiary alicyclic amines) is 1. The van der Waals surface area contributed by atoms with Crippen molar-refractivity contribution in [3.8, 4) is 34.7 Å². The highest BCUT2D eigenvalue weighted by molar-refractivity contribution is 5.95. The summed E-state index contributed by atoms with van der Waals surface area (Å²) in [6.45, 7) is 9.88. The SMILES string of the molecule is Cc1cnc(Nc2cnn(C3(n4cc(Nc5ncc(C)c(-c6ccc(C(=O)NCC#N)cc6)n5)cn4)CCN(C(=O)OC(C)(C)C)CC3)c2)nc1-c1ccc(C(=O)NCC#N)cc1. The van der Waals surface area contributed by atoms with E-state index in [9.17, 15) is 14.4 Å². The first kappa shape index (κ1) is 42.9. The van der Waals surface area contributed by atoms with Crippen LogP contribution < -0.4 is 21.3 Å². The van der Waals surface area contributed by atoms with Crippen LogP contribution in [-0.2, 0) is 10.4 Å². The summed E-state index contributed by atoms with van der Waals surface area (Å²) in [7, 11) is 0. The number of hydrogen-bond donors (Lipinski definition) is 4. The van der Waals surface area contributed by atoms with Gasteiger partial charge in [0.1, 0.15) is 18.7 Å². The smallest absolute Gasteiger partial charge is 0.410 e. The zero-order valence-electron chi connectivity index (χ0n) is 35.4. The van der Waals surface area contributed by atoms with Gasteiger partial charge in [-0.05, 0) is 70.0 Å². The summed E-state index contributed by atoms with van der Waals surface area (Å²) in [5, 5.41) is 38.8. The number of benzene rings is 2. The first-order valence-corrected chi connectivity index (χ1v) is 20.1. The van der Waals surface area contributed by atoms with Gasteiger partial charge in [0.15, 0.2) is 5.66 Å². The number of nitriles is 2. The lowest BCUT2D eigenvalue weighted by atomic mass is 9.97. The van der Waals surface area contributed by atoms with E-state index < -0.39 is 17.4 Å². The molecule has 0 saturated carbocycles. The molecule has 1 aliphatic rings. The first-order chi connectivity index (χ1) is 30.2. The van der Waals surface area contributed by atoms with Gasteiger partial charge >= 0.3 is 6.09 Å². The minimum absolute atomic E-state index is 0.0805. The molecule has 2 aromatic carbocycles. The van der Waals surface area contributed by atoms with E-state index in [1.54, 1.807) is 78.2 Å². The van der Waals surface area contributed by atoms with E-state index in [4.69, 9.17) is 35.4 Å². The van der Waals surface area contributed by atoms with E-state index in [2.05, 4.69) is 31.2 Å². The average molecular weight is 848 g/mol. The number of nitrogens with one attached hydrogen (secondary N) is 4. The summed E-state index contributed by atoms with van der Waals surface area (Å²) in [4.78, 5) is 58.1. The first-order valence-electron chi connectivity index (χ1n) is 20.1.